The molecule has 2 heterocycles. The Hall–Kier alpha value is -2.18. The van der Waals surface area contributed by atoms with Crippen LogP contribution in [0.25, 0.3) is 0 Å². The molecule has 23 heavy (non-hydrogen) atoms. The van der Waals surface area contributed by atoms with Gasteiger partial charge in [-0.15, -0.1) is 0 Å². The summed E-state index contributed by atoms with van der Waals surface area (Å²) in [6, 6.07) is 7.99. The van der Waals surface area contributed by atoms with Crippen LogP contribution in [0.1, 0.15) is 17.0 Å². The highest BCUT2D eigenvalue weighted by Crippen LogP contribution is 2.09. The van der Waals surface area contributed by atoms with E-state index in [1.54, 1.807) is 6.20 Å². The van der Waals surface area contributed by atoms with E-state index >= 15 is 0 Å². The number of aryl methyl sites for hydroxylation is 1. The molecule has 6 heteroatoms. The van der Waals surface area contributed by atoms with Gasteiger partial charge in [0.05, 0.1) is 13.2 Å². The minimum Gasteiger partial charge on any atom is -0.378 e. The number of nitrogens with one attached hydrogen (secondary N) is 2. The van der Waals surface area contributed by atoms with Crippen LogP contribution < -0.4 is 10.6 Å². The summed E-state index contributed by atoms with van der Waals surface area (Å²) in [4.78, 5) is 16.3. The highest BCUT2D eigenvalue weighted by atomic mass is 16.5. The summed E-state index contributed by atoms with van der Waals surface area (Å²) in [5.74, 6) is 0.979. The lowest BCUT2D eigenvalue weighted by molar-refractivity contribution is -0.126. The van der Waals surface area contributed by atoms with E-state index in [9.17, 15) is 4.79 Å². The molecule has 0 unspecified atom stereocenters. The summed E-state index contributed by atoms with van der Waals surface area (Å²) in [6.07, 6.45) is 3.77. The topological polar surface area (TPSA) is 68.2 Å². The summed E-state index contributed by atoms with van der Waals surface area (Å²) in [7, 11) is 0. The Labute approximate surface area is 135 Å². The van der Waals surface area contributed by atoms with Gasteiger partial charge in [-0.2, -0.15) is 0 Å². The fraction of sp³-hybridized carbons (Fsp3) is 0.412. The van der Waals surface area contributed by atoms with Crippen molar-refractivity contribution in [3.05, 3.63) is 53.6 Å². The number of benzene rings is 1. The first-order valence-electron chi connectivity index (χ1n) is 7.87. The Bertz CT molecular complexity index is 662. The Morgan fingerprint density at radius 2 is 2.35 bits per heavy atom. The number of ether oxygens (including phenoxy) is 1. The van der Waals surface area contributed by atoms with Gasteiger partial charge >= 0.3 is 0 Å². The molecular weight excluding hydrogens is 292 g/mol. The number of nitrogens with zero attached hydrogens (tertiary/aromatic N) is 2. The van der Waals surface area contributed by atoms with Crippen LogP contribution in [0.4, 0.5) is 0 Å². The summed E-state index contributed by atoms with van der Waals surface area (Å²) in [5.41, 5.74) is 2.28. The van der Waals surface area contributed by atoms with E-state index in [2.05, 4.69) is 32.3 Å². The third kappa shape index (κ3) is 4.18. The lowest BCUT2D eigenvalue weighted by atomic mass is 10.1. The predicted octanol–water partition coefficient (Wildman–Crippen LogP) is 0.844. The molecule has 1 aliphatic heterocycles. The number of aromatic nitrogens is 2. The molecule has 1 fully saturated rings. The molecule has 1 atom stereocenters. The fourth-order valence-corrected chi connectivity index (χ4v) is 2.65. The molecule has 0 bridgehead atoms. The van der Waals surface area contributed by atoms with Crippen molar-refractivity contribution in [3.8, 4) is 0 Å². The molecule has 1 aliphatic rings. The summed E-state index contributed by atoms with van der Waals surface area (Å²) >= 11 is 0. The van der Waals surface area contributed by atoms with Crippen LogP contribution in [-0.2, 0) is 22.6 Å². The zero-order valence-electron chi connectivity index (χ0n) is 13.3. The van der Waals surface area contributed by atoms with Crippen LogP contribution >= 0.6 is 0 Å². The molecule has 0 saturated carbocycles. The number of amides is 1. The van der Waals surface area contributed by atoms with Crippen molar-refractivity contribution in [1.82, 2.24) is 20.2 Å². The zero-order valence-corrected chi connectivity index (χ0v) is 13.3. The standard InChI is InChI=1S/C17H22N4O2/c1-13-18-5-7-21(13)11-15-4-2-3-14(9-15)10-20-17(22)16-12-23-8-6-19-16/h2-5,7,9,16,19H,6,8,10-12H2,1H3,(H,20,22)/t16-/m0/s1. The predicted molar refractivity (Wildman–Crippen MR) is 87.0 cm³/mol. The van der Waals surface area contributed by atoms with E-state index in [0.717, 1.165) is 24.5 Å². The van der Waals surface area contributed by atoms with Crippen LogP contribution in [0.2, 0.25) is 0 Å². The fourth-order valence-electron chi connectivity index (χ4n) is 2.65. The second-order valence-corrected chi connectivity index (χ2v) is 5.72. The minimum atomic E-state index is -0.250. The number of hydrogen-bond donors (Lipinski definition) is 2. The van der Waals surface area contributed by atoms with Crippen molar-refractivity contribution in [2.24, 2.45) is 0 Å². The van der Waals surface area contributed by atoms with Crippen molar-refractivity contribution >= 4 is 5.91 Å². The maximum absolute atomic E-state index is 12.1. The van der Waals surface area contributed by atoms with E-state index in [1.807, 2.05) is 25.3 Å². The monoisotopic (exact) mass is 314 g/mol. The Morgan fingerprint density at radius 1 is 1.48 bits per heavy atom. The molecular formula is C17H22N4O2. The molecule has 6 nitrogen and oxygen atoms in total. The van der Waals surface area contributed by atoms with Crippen LogP contribution in [0, 0.1) is 6.92 Å². The second-order valence-electron chi connectivity index (χ2n) is 5.72. The van der Waals surface area contributed by atoms with Crippen molar-refractivity contribution < 1.29 is 9.53 Å². The third-order valence-corrected chi connectivity index (χ3v) is 3.97. The quantitative estimate of drug-likeness (QED) is 0.858. The summed E-state index contributed by atoms with van der Waals surface area (Å²) in [5, 5.41) is 6.12. The molecule has 0 radical (unpaired) electrons. The van der Waals surface area contributed by atoms with Gasteiger partial charge in [0, 0.05) is 32.0 Å². The molecule has 2 N–H and O–H groups in total. The van der Waals surface area contributed by atoms with Crippen molar-refractivity contribution in [2.75, 3.05) is 19.8 Å². The van der Waals surface area contributed by atoms with Crippen LogP contribution in [0.5, 0.6) is 0 Å². The highest BCUT2D eigenvalue weighted by Gasteiger charge is 2.20. The van der Waals surface area contributed by atoms with E-state index in [0.29, 0.717) is 19.8 Å². The smallest absolute Gasteiger partial charge is 0.239 e. The SMILES string of the molecule is Cc1nccn1Cc1cccc(CNC(=O)[C@@H]2COCCN2)c1. The van der Waals surface area contributed by atoms with E-state index in [1.165, 1.54) is 5.56 Å². The van der Waals surface area contributed by atoms with Crippen LogP contribution in [0.3, 0.4) is 0 Å². The molecule has 0 aliphatic carbocycles. The van der Waals surface area contributed by atoms with Gasteiger partial charge in [-0.25, -0.2) is 4.98 Å². The first kappa shape index (κ1) is 15.7. The Balaban J connectivity index is 1.57. The van der Waals surface area contributed by atoms with Gasteiger partial charge in [0.25, 0.3) is 0 Å². The normalized spacial score (nSPS) is 17.9. The average Bonchev–Trinajstić information content (AvgIpc) is 2.99. The largest absolute Gasteiger partial charge is 0.378 e. The van der Waals surface area contributed by atoms with Crippen LogP contribution in [-0.4, -0.2) is 41.3 Å². The van der Waals surface area contributed by atoms with Gasteiger partial charge in [-0.3, -0.25) is 4.79 Å². The van der Waals surface area contributed by atoms with Crippen molar-refractivity contribution in [3.63, 3.8) is 0 Å². The van der Waals surface area contributed by atoms with Gasteiger partial charge in [-0.1, -0.05) is 24.3 Å². The van der Waals surface area contributed by atoms with E-state index in [4.69, 9.17) is 4.74 Å². The zero-order chi connectivity index (χ0) is 16.1. The second kappa shape index (κ2) is 7.39. The summed E-state index contributed by atoms with van der Waals surface area (Å²) in [6.45, 7) is 5.12. The number of carbonyl (C=O) groups is 1. The molecule has 2 aromatic rings. The van der Waals surface area contributed by atoms with E-state index < -0.39 is 0 Å². The van der Waals surface area contributed by atoms with Gasteiger partial charge < -0.3 is 19.9 Å². The highest BCUT2D eigenvalue weighted by molar-refractivity contribution is 5.81. The average molecular weight is 314 g/mol. The van der Waals surface area contributed by atoms with Gasteiger partial charge in [0.1, 0.15) is 11.9 Å². The lowest BCUT2D eigenvalue weighted by Gasteiger charge is -2.22. The molecule has 3 rings (SSSR count). The molecule has 1 aromatic heterocycles. The van der Waals surface area contributed by atoms with Gasteiger partial charge in [0.15, 0.2) is 0 Å². The molecule has 1 amide bonds. The molecule has 122 valence electrons. The first-order chi connectivity index (χ1) is 11.2. The van der Waals surface area contributed by atoms with E-state index in [-0.39, 0.29) is 11.9 Å². The summed E-state index contributed by atoms with van der Waals surface area (Å²) < 4.78 is 7.41. The van der Waals surface area contributed by atoms with Gasteiger partial charge in [-0.05, 0) is 18.1 Å². The maximum atomic E-state index is 12.1. The molecule has 1 aromatic carbocycles. The maximum Gasteiger partial charge on any atom is 0.239 e. The van der Waals surface area contributed by atoms with Crippen LogP contribution in [0.15, 0.2) is 36.7 Å². The van der Waals surface area contributed by atoms with Gasteiger partial charge in [0.2, 0.25) is 5.91 Å². The number of hydrogen-bond acceptors (Lipinski definition) is 4. The molecule has 1 saturated heterocycles. The Kier molecular flexibility index (Phi) is 5.05. The lowest BCUT2D eigenvalue weighted by Crippen LogP contribution is -2.51. The molecule has 0 spiro atoms. The van der Waals surface area contributed by atoms with Crippen molar-refractivity contribution in [2.45, 2.75) is 26.1 Å². The Morgan fingerprint density at radius 3 is 3.09 bits per heavy atom. The number of imidazole rings is 1. The first-order valence-corrected chi connectivity index (χ1v) is 7.87. The minimum absolute atomic E-state index is 0.0134. The number of morpholine rings is 1. The number of carbonyl (C=O) groups excluding carboxylic acids is 1. The third-order valence-electron chi connectivity index (χ3n) is 3.97. The number of rotatable bonds is 5. The van der Waals surface area contributed by atoms with Crippen molar-refractivity contribution in [1.29, 1.82) is 0 Å².